The third kappa shape index (κ3) is 9.15. The second-order valence-electron chi connectivity index (χ2n) is 1.54. The number of rotatable bonds is 2. The highest BCUT2D eigenvalue weighted by Gasteiger charge is 1.95. The van der Waals surface area contributed by atoms with Crippen molar-refractivity contribution < 1.29 is 0 Å². The lowest BCUT2D eigenvalue weighted by Crippen LogP contribution is -2.01. The van der Waals surface area contributed by atoms with Crippen LogP contribution in [0.1, 0.15) is 0 Å². The number of hydrogen-bond donors (Lipinski definition) is 0. The largest absolute Gasteiger partial charge is 0.144 e. The van der Waals surface area contributed by atoms with Crippen LogP contribution in [-0.2, 0) is 0 Å². The Hall–Kier alpha value is 1.15. The van der Waals surface area contributed by atoms with Gasteiger partial charge in [-0.1, -0.05) is 0 Å². The van der Waals surface area contributed by atoms with Gasteiger partial charge in [0.05, 0.1) is 0 Å². The first-order valence-electron chi connectivity index (χ1n) is 2.65. The molecule has 0 aromatic carbocycles. The molecule has 0 saturated heterocycles. The second-order valence-corrected chi connectivity index (χ2v) is 9.32. The molecule has 0 amide bonds. The summed E-state index contributed by atoms with van der Waals surface area (Å²) in [7, 11) is -1.22. The van der Waals surface area contributed by atoms with Crippen molar-refractivity contribution in [1.82, 2.24) is 0 Å². The Bertz CT molecular complexity index is 122. The normalized spacial score (nSPS) is 12.2. The molecule has 58 valence electrons. The lowest BCUT2D eigenvalue weighted by molar-refractivity contribution is 1.91. The lowest BCUT2D eigenvalue weighted by atomic mass is 11.4. The van der Waals surface area contributed by atoms with Gasteiger partial charge in [0.25, 0.3) is 0 Å². The van der Waals surface area contributed by atoms with Crippen LogP contribution in [0.15, 0.2) is 0 Å². The van der Waals surface area contributed by atoms with E-state index in [9.17, 15) is 0 Å². The molecule has 0 spiro atoms. The Morgan fingerprint density at radius 2 is 1.10 bits per heavy atom. The molecule has 0 rings (SSSR count). The molecule has 0 N–H and O–H groups in total. The van der Waals surface area contributed by atoms with Crippen LogP contribution in [0.5, 0.6) is 0 Å². The van der Waals surface area contributed by atoms with Crippen LogP contribution in [-0.4, -0.2) is 28.0 Å². The zero-order valence-corrected chi connectivity index (χ0v) is 10.9. The van der Waals surface area contributed by atoms with Crippen LogP contribution in [0.4, 0.5) is 0 Å². The standard InChI is InChI=1S/C4H6Cl4Si2/c5-3(6)9-1-2-10-4(7)8/h3-4H,9-10H2. The summed E-state index contributed by atoms with van der Waals surface area (Å²) < 4.78 is -0.517. The van der Waals surface area contributed by atoms with E-state index in [1.54, 1.807) is 0 Å². The van der Waals surface area contributed by atoms with Gasteiger partial charge in [-0.3, -0.25) is 0 Å². The van der Waals surface area contributed by atoms with Crippen molar-refractivity contribution in [2.24, 2.45) is 0 Å². The summed E-state index contributed by atoms with van der Waals surface area (Å²) in [4.78, 5) is 0. The van der Waals surface area contributed by atoms with E-state index in [1.807, 2.05) is 0 Å². The summed E-state index contributed by atoms with van der Waals surface area (Å²) in [5.41, 5.74) is 5.87. The van der Waals surface area contributed by atoms with Gasteiger partial charge < -0.3 is 0 Å². The van der Waals surface area contributed by atoms with E-state index in [1.165, 1.54) is 0 Å². The summed E-state index contributed by atoms with van der Waals surface area (Å²) in [5.74, 6) is 0. The highest BCUT2D eigenvalue weighted by molar-refractivity contribution is 6.76. The Morgan fingerprint density at radius 3 is 1.30 bits per heavy atom. The van der Waals surface area contributed by atoms with E-state index >= 15 is 0 Å². The minimum Gasteiger partial charge on any atom is -0.144 e. The van der Waals surface area contributed by atoms with E-state index < -0.39 is 19.0 Å². The average Bonchev–Trinajstić information content (AvgIpc) is 1.79. The molecule has 0 unspecified atom stereocenters. The summed E-state index contributed by atoms with van der Waals surface area (Å²) in [6, 6.07) is 0. The van der Waals surface area contributed by atoms with Crippen molar-refractivity contribution in [3.05, 3.63) is 0 Å². The zero-order valence-electron chi connectivity index (χ0n) is 5.08. The predicted octanol–water partition coefficient (Wildman–Crippen LogP) is 0.765. The zero-order chi connectivity index (χ0) is 7.98. The summed E-state index contributed by atoms with van der Waals surface area (Å²) in [5, 5.41) is 0. The minimum atomic E-state index is -0.610. The van der Waals surface area contributed by atoms with Crippen molar-refractivity contribution in [3.63, 3.8) is 0 Å². The molecule has 10 heavy (non-hydrogen) atoms. The maximum Gasteiger partial charge on any atom is 0.143 e. The topological polar surface area (TPSA) is 0 Å². The molecule has 0 aliphatic heterocycles. The molecule has 0 aromatic heterocycles. The lowest BCUT2D eigenvalue weighted by Gasteiger charge is -1.88. The fourth-order valence-electron chi connectivity index (χ4n) is 0.299. The van der Waals surface area contributed by atoms with Crippen molar-refractivity contribution in [2.75, 3.05) is 0 Å². The highest BCUT2D eigenvalue weighted by atomic mass is 35.5. The first-order chi connectivity index (χ1) is 4.63. The first-order valence-corrected chi connectivity index (χ1v) is 7.44. The third-order valence-corrected chi connectivity index (χ3v) is 4.51. The van der Waals surface area contributed by atoms with Crippen molar-refractivity contribution in [3.8, 4) is 11.1 Å². The van der Waals surface area contributed by atoms with Gasteiger partial charge in [-0.2, -0.15) is 0 Å². The van der Waals surface area contributed by atoms with E-state index in [0.29, 0.717) is 0 Å². The predicted molar refractivity (Wildman–Crippen MR) is 55.9 cm³/mol. The number of hydrogen-bond acceptors (Lipinski definition) is 0. The molecule has 0 aliphatic rings. The Kier molecular flexibility index (Phi) is 7.63. The number of halogens is 4. The van der Waals surface area contributed by atoms with Gasteiger partial charge in [0.15, 0.2) is 0 Å². The van der Waals surface area contributed by atoms with E-state index in [4.69, 9.17) is 46.4 Å². The van der Waals surface area contributed by atoms with Crippen LogP contribution >= 0.6 is 46.4 Å². The Morgan fingerprint density at radius 1 is 0.800 bits per heavy atom. The average molecular weight is 252 g/mol. The molecular formula is C4H6Cl4Si2. The Labute approximate surface area is 85.2 Å². The van der Waals surface area contributed by atoms with Gasteiger partial charge in [-0.25, -0.2) is 0 Å². The fraction of sp³-hybridized carbons (Fsp3) is 0.500. The first kappa shape index (κ1) is 11.2. The molecule has 0 saturated carbocycles. The van der Waals surface area contributed by atoms with Crippen LogP contribution in [0.2, 0.25) is 0 Å². The Balaban J connectivity index is 3.32. The molecule has 0 atom stereocenters. The molecule has 0 heterocycles. The minimum absolute atomic E-state index is 0.259. The van der Waals surface area contributed by atoms with Crippen molar-refractivity contribution in [2.45, 2.75) is 8.92 Å². The monoisotopic (exact) mass is 250 g/mol. The molecule has 0 fully saturated rings. The highest BCUT2D eigenvalue weighted by Crippen LogP contribution is 1.98. The van der Waals surface area contributed by atoms with E-state index in [-0.39, 0.29) is 8.92 Å². The van der Waals surface area contributed by atoms with Gasteiger partial charge in [0, 0.05) is 0 Å². The molecule has 0 radical (unpaired) electrons. The molecular weight excluding hydrogens is 246 g/mol. The quantitative estimate of drug-likeness (QED) is 0.387. The van der Waals surface area contributed by atoms with Gasteiger partial charge >= 0.3 is 0 Å². The van der Waals surface area contributed by atoms with E-state index in [2.05, 4.69) is 11.1 Å². The molecule has 6 heteroatoms. The van der Waals surface area contributed by atoms with Crippen molar-refractivity contribution >= 4 is 65.4 Å². The smallest absolute Gasteiger partial charge is 0.143 e. The maximum atomic E-state index is 5.47. The van der Waals surface area contributed by atoms with Crippen LogP contribution in [0, 0.1) is 11.1 Å². The molecule has 0 bridgehead atoms. The fourth-order valence-corrected chi connectivity index (χ4v) is 2.69. The van der Waals surface area contributed by atoms with Gasteiger partial charge in [-0.05, 0) is 0 Å². The molecule has 0 aromatic rings. The van der Waals surface area contributed by atoms with Gasteiger partial charge in [-0.15, -0.1) is 57.5 Å². The SMILES string of the molecule is ClC(Cl)[SiH2]C#C[SiH2]C(Cl)Cl. The van der Waals surface area contributed by atoms with Crippen LogP contribution in [0.3, 0.4) is 0 Å². The summed E-state index contributed by atoms with van der Waals surface area (Å²) in [6.07, 6.45) is 0. The third-order valence-electron chi connectivity index (χ3n) is 0.638. The molecule has 0 aliphatic carbocycles. The van der Waals surface area contributed by atoms with Crippen LogP contribution in [0.25, 0.3) is 0 Å². The molecule has 0 nitrogen and oxygen atoms in total. The summed E-state index contributed by atoms with van der Waals surface area (Å²) in [6.45, 7) is 0. The maximum absolute atomic E-state index is 5.47. The van der Waals surface area contributed by atoms with Gasteiger partial charge in [0.1, 0.15) is 28.0 Å². The second kappa shape index (κ2) is 6.84. The van der Waals surface area contributed by atoms with Crippen LogP contribution < -0.4 is 0 Å². The van der Waals surface area contributed by atoms with Crippen molar-refractivity contribution in [1.29, 1.82) is 0 Å². The van der Waals surface area contributed by atoms with E-state index in [0.717, 1.165) is 0 Å². The van der Waals surface area contributed by atoms with Gasteiger partial charge in [0.2, 0.25) is 0 Å². The number of alkyl halides is 4. The summed E-state index contributed by atoms with van der Waals surface area (Å²) >= 11 is 21.9.